The summed E-state index contributed by atoms with van der Waals surface area (Å²) in [5.74, 6) is -0.447. The van der Waals surface area contributed by atoms with Crippen molar-refractivity contribution in [2.75, 3.05) is 18.4 Å². The summed E-state index contributed by atoms with van der Waals surface area (Å²) in [6, 6.07) is 6.38. The maximum absolute atomic E-state index is 12.7. The zero-order valence-electron chi connectivity index (χ0n) is 17.2. The van der Waals surface area contributed by atoms with E-state index in [1.165, 1.54) is 17.4 Å². The summed E-state index contributed by atoms with van der Waals surface area (Å²) in [5, 5.41) is 4.86. The number of likely N-dealkylation sites (tertiary alicyclic amines) is 1. The SMILES string of the molecule is CC(C)(C)C(=O)N1CCCC(C(=O)Nc2nc(-c3ccccc3OC(F)F)cs2)C1. The average Bonchev–Trinajstić information content (AvgIpc) is 3.15. The summed E-state index contributed by atoms with van der Waals surface area (Å²) >= 11 is 1.21. The molecular weight excluding hydrogens is 412 g/mol. The molecule has 1 fully saturated rings. The lowest BCUT2D eigenvalue weighted by molar-refractivity contribution is -0.142. The van der Waals surface area contributed by atoms with Crippen LogP contribution in [-0.2, 0) is 9.59 Å². The predicted molar refractivity (Wildman–Crippen MR) is 112 cm³/mol. The van der Waals surface area contributed by atoms with Gasteiger partial charge in [-0.1, -0.05) is 32.9 Å². The topological polar surface area (TPSA) is 71.5 Å². The Bertz CT molecular complexity index is 911. The summed E-state index contributed by atoms with van der Waals surface area (Å²) in [4.78, 5) is 31.4. The Morgan fingerprint density at radius 1 is 1.30 bits per heavy atom. The molecule has 1 saturated heterocycles. The number of carbonyl (C=O) groups is 2. The van der Waals surface area contributed by atoms with Crippen LogP contribution in [0.15, 0.2) is 29.6 Å². The number of amides is 2. The van der Waals surface area contributed by atoms with Gasteiger partial charge in [0, 0.05) is 29.4 Å². The lowest BCUT2D eigenvalue weighted by Crippen LogP contribution is -2.47. The number of anilines is 1. The summed E-state index contributed by atoms with van der Waals surface area (Å²) in [6.45, 7) is 3.70. The molecule has 0 aliphatic carbocycles. The van der Waals surface area contributed by atoms with E-state index in [4.69, 9.17) is 0 Å². The van der Waals surface area contributed by atoms with Crippen molar-refractivity contribution < 1.29 is 23.1 Å². The number of aromatic nitrogens is 1. The molecule has 1 N–H and O–H groups in total. The molecule has 1 aromatic carbocycles. The molecule has 0 radical (unpaired) electrons. The summed E-state index contributed by atoms with van der Waals surface area (Å²) in [7, 11) is 0. The van der Waals surface area contributed by atoms with Gasteiger partial charge in [-0.3, -0.25) is 9.59 Å². The molecular formula is C21H25F2N3O3S. The van der Waals surface area contributed by atoms with Crippen LogP contribution in [0.3, 0.4) is 0 Å². The molecule has 3 rings (SSSR count). The van der Waals surface area contributed by atoms with E-state index in [2.05, 4.69) is 15.0 Å². The standard InChI is InChI=1S/C21H25F2N3O3S/c1-21(2,3)18(28)26-10-6-7-13(11-26)17(27)25-20-24-15(12-30-20)14-8-4-5-9-16(14)29-19(22)23/h4-5,8-9,12-13,19H,6-7,10-11H2,1-3H3,(H,24,25,27). The summed E-state index contributed by atoms with van der Waals surface area (Å²) < 4.78 is 29.8. The average molecular weight is 438 g/mol. The zero-order valence-corrected chi connectivity index (χ0v) is 18.0. The largest absolute Gasteiger partial charge is 0.434 e. The molecule has 6 nitrogen and oxygen atoms in total. The van der Waals surface area contributed by atoms with Crippen LogP contribution >= 0.6 is 11.3 Å². The highest BCUT2D eigenvalue weighted by molar-refractivity contribution is 7.14. The molecule has 30 heavy (non-hydrogen) atoms. The van der Waals surface area contributed by atoms with E-state index in [1.54, 1.807) is 28.5 Å². The minimum Gasteiger partial charge on any atom is -0.434 e. The van der Waals surface area contributed by atoms with Crippen molar-refractivity contribution in [3.8, 4) is 17.0 Å². The van der Waals surface area contributed by atoms with Gasteiger partial charge >= 0.3 is 6.61 Å². The second-order valence-corrected chi connectivity index (χ2v) is 9.10. The molecule has 1 aliphatic heterocycles. The molecule has 1 aliphatic rings. The van der Waals surface area contributed by atoms with E-state index in [1.807, 2.05) is 20.8 Å². The first-order valence-corrected chi connectivity index (χ1v) is 10.6. The molecule has 0 bridgehead atoms. The van der Waals surface area contributed by atoms with E-state index in [-0.39, 0.29) is 23.5 Å². The first-order valence-electron chi connectivity index (χ1n) is 9.75. The number of para-hydroxylation sites is 1. The van der Waals surface area contributed by atoms with Crippen LogP contribution in [0, 0.1) is 11.3 Å². The minimum absolute atomic E-state index is 0.0271. The van der Waals surface area contributed by atoms with Crippen molar-refractivity contribution in [2.24, 2.45) is 11.3 Å². The van der Waals surface area contributed by atoms with Crippen molar-refractivity contribution in [3.05, 3.63) is 29.6 Å². The zero-order chi connectivity index (χ0) is 21.9. The molecule has 2 heterocycles. The van der Waals surface area contributed by atoms with Gasteiger partial charge in [0.25, 0.3) is 0 Å². The van der Waals surface area contributed by atoms with Crippen LogP contribution in [0.4, 0.5) is 13.9 Å². The minimum atomic E-state index is -2.94. The second kappa shape index (κ2) is 9.07. The van der Waals surface area contributed by atoms with E-state index in [0.717, 1.165) is 6.42 Å². The van der Waals surface area contributed by atoms with Gasteiger partial charge < -0.3 is 15.0 Å². The van der Waals surface area contributed by atoms with Crippen molar-refractivity contribution >= 4 is 28.3 Å². The number of alkyl halides is 2. The van der Waals surface area contributed by atoms with Gasteiger partial charge in [-0.15, -0.1) is 11.3 Å². The van der Waals surface area contributed by atoms with Gasteiger partial charge in [0.15, 0.2) is 5.13 Å². The van der Waals surface area contributed by atoms with Crippen LogP contribution < -0.4 is 10.1 Å². The maximum atomic E-state index is 12.7. The third-order valence-corrected chi connectivity index (χ3v) is 5.59. The summed E-state index contributed by atoms with van der Waals surface area (Å²) in [5.41, 5.74) is 0.380. The van der Waals surface area contributed by atoms with Crippen LogP contribution in [0.25, 0.3) is 11.3 Å². The first-order chi connectivity index (χ1) is 14.1. The molecule has 2 aromatic rings. The monoisotopic (exact) mass is 437 g/mol. The van der Waals surface area contributed by atoms with Crippen LogP contribution in [0.2, 0.25) is 0 Å². The van der Waals surface area contributed by atoms with E-state index < -0.39 is 12.0 Å². The molecule has 1 atom stereocenters. The number of rotatable bonds is 5. The predicted octanol–water partition coefficient (Wildman–Crippen LogP) is 4.63. The Kier molecular flexibility index (Phi) is 6.70. The number of nitrogens with one attached hydrogen (secondary N) is 1. The smallest absolute Gasteiger partial charge is 0.387 e. The maximum Gasteiger partial charge on any atom is 0.387 e. The van der Waals surface area contributed by atoms with Crippen molar-refractivity contribution in [1.29, 1.82) is 0 Å². The number of halogens is 2. The summed E-state index contributed by atoms with van der Waals surface area (Å²) in [6.07, 6.45) is 1.46. The molecule has 2 amide bonds. The van der Waals surface area contributed by atoms with Gasteiger partial charge in [0.05, 0.1) is 11.6 Å². The van der Waals surface area contributed by atoms with Gasteiger partial charge in [-0.2, -0.15) is 8.78 Å². The lowest BCUT2D eigenvalue weighted by atomic mass is 9.91. The first kappa shape index (κ1) is 22.1. The molecule has 0 saturated carbocycles. The van der Waals surface area contributed by atoms with Crippen LogP contribution in [-0.4, -0.2) is 41.4 Å². The van der Waals surface area contributed by atoms with Crippen LogP contribution in [0.5, 0.6) is 5.75 Å². The molecule has 9 heteroatoms. The fourth-order valence-corrected chi connectivity index (χ4v) is 4.10. The third kappa shape index (κ3) is 5.33. The Hall–Kier alpha value is -2.55. The number of benzene rings is 1. The van der Waals surface area contributed by atoms with E-state index in [9.17, 15) is 18.4 Å². The number of hydrogen-bond donors (Lipinski definition) is 1. The normalized spacial score (nSPS) is 17.1. The number of hydrogen-bond acceptors (Lipinski definition) is 5. The van der Waals surface area contributed by atoms with E-state index >= 15 is 0 Å². The molecule has 1 unspecified atom stereocenters. The van der Waals surface area contributed by atoms with Crippen LogP contribution in [0.1, 0.15) is 33.6 Å². The Balaban J connectivity index is 1.68. The number of nitrogens with zero attached hydrogens (tertiary/aromatic N) is 2. The van der Waals surface area contributed by atoms with Gasteiger partial charge in [-0.05, 0) is 25.0 Å². The Morgan fingerprint density at radius 2 is 2.03 bits per heavy atom. The molecule has 162 valence electrons. The third-order valence-electron chi connectivity index (χ3n) is 4.83. The quantitative estimate of drug-likeness (QED) is 0.740. The fraction of sp³-hybridized carbons (Fsp3) is 0.476. The number of ether oxygens (including phenoxy) is 1. The van der Waals surface area contributed by atoms with Crippen molar-refractivity contribution in [1.82, 2.24) is 9.88 Å². The van der Waals surface area contributed by atoms with E-state index in [0.29, 0.717) is 35.9 Å². The second-order valence-electron chi connectivity index (χ2n) is 8.24. The highest BCUT2D eigenvalue weighted by Crippen LogP contribution is 2.33. The van der Waals surface area contributed by atoms with Crippen molar-refractivity contribution in [2.45, 2.75) is 40.2 Å². The molecule has 0 spiro atoms. The van der Waals surface area contributed by atoms with Gasteiger partial charge in [-0.25, -0.2) is 4.98 Å². The number of piperidine rings is 1. The number of carbonyl (C=O) groups excluding carboxylic acids is 2. The fourth-order valence-electron chi connectivity index (χ4n) is 3.39. The highest BCUT2D eigenvalue weighted by Gasteiger charge is 2.33. The highest BCUT2D eigenvalue weighted by atomic mass is 32.1. The lowest BCUT2D eigenvalue weighted by Gasteiger charge is -2.35. The van der Waals surface area contributed by atoms with Gasteiger partial charge in [0.1, 0.15) is 5.75 Å². The number of thiazole rings is 1. The Labute approximate surface area is 178 Å². The van der Waals surface area contributed by atoms with Gasteiger partial charge in [0.2, 0.25) is 11.8 Å². The Morgan fingerprint density at radius 3 is 2.73 bits per heavy atom. The van der Waals surface area contributed by atoms with Crippen molar-refractivity contribution in [3.63, 3.8) is 0 Å². The molecule has 1 aromatic heterocycles.